The summed E-state index contributed by atoms with van der Waals surface area (Å²) >= 11 is 0. The van der Waals surface area contributed by atoms with E-state index in [1.165, 1.54) is 0 Å². The Balaban J connectivity index is 1.56. The summed E-state index contributed by atoms with van der Waals surface area (Å²) in [7, 11) is 0. The summed E-state index contributed by atoms with van der Waals surface area (Å²) in [6, 6.07) is 10.9. The Bertz CT molecular complexity index is 758. The zero-order chi connectivity index (χ0) is 16.5. The summed E-state index contributed by atoms with van der Waals surface area (Å²) in [6.45, 7) is 1.49. The highest BCUT2D eigenvalue weighted by molar-refractivity contribution is 5.94. The minimum atomic E-state index is -0.345. The summed E-state index contributed by atoms with van der Waals surface area (Å²) in [6.07, 6.45) is 0. The Morgan fingerprint density at radius 1 is 1.21 bits per heavy atom. The summed E-state index contributed by atoms with van der Waals surface area (Å²) in [5, 5.41) is 6.81. The van der Waals surface area contributed by atoms with Crippen molar-refractivity contribution in [3.8, 4) is 11.3 Å². The zero-order valence-electron chi connectivity index (χ0n) is 13.0. The molecule has 2 bridgehead atoms. The molecule has 2 amide bonds. The summed E-state index contributed by atoms with van der Waals surface area (Å²) in [5.74, 6) is -0.0827. The molecule has 7 heteroatoms. The van der Waals surface area contributed by atoms with Crippen LogP contribution in [0.15, 0.2) is 40.9 Å². The lowest BCUT2D eigenvalue weighted by molar-refractivity contribution is -0.125. The van der Waals surface area contributed by atoms with Crippen molar-refractivity contribution < 1.29 is 18.8 Å². The van der Waals surface area contributed by atoms with E-state index in [-0.39, 0.29) is 29.5 Å². The second-order valence-electron chi connectivity index (χ2n) is 6.09. The van der Waals surface area contributed by atoms with E-state index in [0.29, 0.717) is 32.1 Å². The molecule has 2 fully saturated rings. The number of hydrogen-bond acceptors (Lipinski definition) is 5. The Labute approximate surface area is 138 Å². The maximum atomic E-state index is 12.8. The van der Waals surface area contributed by atoms with E-state index in [2.05, 4.69) is 10.5 Å². The number of fused-ring (bicyclic) bond motifs is 3. The minimum Gasteiger partial charge on any atom is -0.378 e. The molecule has 1 N–H and O–H groups in total. The van der Waals surface area contributed by atoms with Gasteiger partial charge in [0.15, 0.2) is 11.5 Å². The van der Waals surface area contributed by atoms with Crippen molar-refractivity contribution >= 4 is 11.8 Å². The second kappa shape index (κ2) is 6.09. The van der Waals surface area contributed by atoms with E-state index < -0.39 is 0 Å². The number of carbonyl (C=O) groups is 2. The Morgan fingerprint density at radius 2 is 2.04 bits per heavy atom. The number of hydrogen-bond donors (Lipinski definition) is 1. The van der Waals surface area contributed by atoms with Gasteiger partial charge in [-0.25, -0.2) is 0 Å². The van der Waals surface area contributed by atoms with E-state index in [0.717, 1.165) is 5.56 Å². The van der Waals surface area contributed by atoms with Crippen molar-refractivity contribution in [2.45, 2.75) is 6.04 Å². The molecule has 24 heavy (non-hydrogen) atoms. The van der Waals surface area contributed by atoms with E-state index in [4.69, 9.17) is 9.26 Å². The lowest BCUT2D eigenvalue weighted by atomic mass is 10.1. The van der Waals surface area contributed by atoms with Crippen molar-refractivity contribution in [1.29, 1.82) is 0 Å². The predicted octanol–water partition coefficient (Wildman–Crippen LogP) is 0.929. The van der Waals surface area contributed by atoms with Gasteiger partial charge in [0.05, 0.1) is 25.2 Å². The first-order valence-electron chi connectivity index (χ1n) is 7.90. The molecule has 0 radical (unpaired) electrons. The van der Waals surface area contributed by atoms with Gasteiger partial charge in [0.1, 0.15) is 0 Å². The van der Waals surface area contributed by atoms with Crippen molar-refractivity contribution in [2.24, 2.45) is 5.92 Å². The normalized spacial score (nSPS) is 23.5. The smallest absolute Gasteiger partial charge is 0.276 e. The van der Waals surface area contributed by atoms with Gasteiger partial charge in [0.2, 0.25) is 5.91 Å². The molecule has 1 aromatic heterocycles. The van der Waals surface area contributed by atoms with Crippen LogP contribution in [0, 0.1) is 5.92 Å². The van der Waals surface area contributed by atoms with E-state index in [1.54, 1.807) is 11.0 Å². The van der Waals surface area contributed by atoms with Crippen LogP contribution in [0.1, 0.15) is 10.5 Å². The number of aromatic nitrogens is 1. The Kier molecular flexibility index (Phi) is 3.78. The molecule has 0 unspecified atom stereocenters. The molecule has 0 aliphatic carbocycles. The summed E-state index contributed by atoms with van der Waals surface area (Å²) in [4.78, 5) is 26.4. The molecule has 1 aromatic carbocycles. The topological polar surface area (TPSA) is 84.7 Å². The highest BCUT2D eigenvalue weighted by Crippen LogP contribution is 2.22. The van der Waals surface area contributed by atoms with Gasteiger partial charge in [0, 0.05) is 24.7 Å². The molecular formula is C17H17N3O4. The maximum absolute atomic E-state index is 12.8. The fourth-order valence-electron chi connectivity index (χ4n) is 3.07. The minimum absolute atomic E-state index is 0.0575. The quantitative estimate of drug-likeness (QED) is 0.887. The third-order valence-corrected chi connectivity index (χ3v) is 4.31. The van der Waals surface area contributed by atoms with Gasteiger partial charge in [-0.3, -0.25) is 9.59 Å². The van der Waals surface area contributed by atoms with Gasteiger partial charge < -0.3 is 19.5 Å². The third kappa shape index (κ3) is 2.78. The molecule has 4 rings (SSSR count). The number of ether oxygens (including phenoxy) is 1. The second-order valence-corrected chi connectivity index (χ2v) is 6.09. The molecule has 2 aliphatic rings. The first-order chi connectivity index (χ1) is 11.7. The standard InChI is InChI=1S/C17H17N3O4/c21-16-12-7-20(8-13(18-16)10-23-9-12)17(22)14-6-15(24-19-14)11-4-2-1-3-5-11/h1-6,12-13H,7-10H2,(H,18,21)/t12-,13+/m1/s1. The molecule has 2 atom stereocenters. The first kappa shape index (κ1) is 14.9. The number of nitrogens with zero attached hydrogens (tertiary/aromatic N) is 2. The van der Waals surface area contributed by atoms with Gasteiger partial charge in [0.25, 0.3) is 5.91 Å². The number of nitrogens with one attached hydrogen (secondary N) is 1. The van der Waals surface area contributed by atoms with Crippen LogP contribution in [0.3, 0.4) is 0 Å². The number of carbonyl (C=O) groups excluding carboxylic acids is 2. The number of amides is 2. The average Bonchev–Trinajstić information content (AvgIpc) is 2.94. The molecule has 124 valence electrons. The van der Waals surface area contributed by atoms with Crippen molar-refractivity contribution in [1.82, 2.24) is 15.4 Å². The molecule has 0 saturated carbocycles. The fourth-order valence-corrected chi connectivity index (χ4v) is 3.07. The van der Waals surface area contributed by atoms with Crippen LogP contribution in [-0.4, -0.2) is 54.2 Å². The maximum Gasteiger partial charge on any atom is 0.276 e. The summed E-state index contributed by atoms with van der Waals surface area (Å²) in [5.41, 5.74) is 1.12. The van der Waals surface area contributed by atoms with Crippen LogP contribution in [-0.2, 0) is 9.53 Å². The van der Waals surface area contributed by atoms with Crippen LogP contribution in [0.5, 0.6) is 0 Å². The van der Waals surface area contributed by atoms with Gasteiger partial charge in [-0.15, -0.1) is 0 Å². The van der Waals surface area contributed by atoms with Gasteiger partial charge >= 0.3 is 0 Å². The largest absolute Gasteiger partial charge is 0.378 e. The van der Waals surface area contributed by atoms with Gasteiger partial charge in [-0.1, -0.05) is 35.5 Å². The highest BCUT2D eigenvalue weighted by atomic mass is 16.5. The molecular weight excluding hydrogens is 310 g/mol. The van der Waals surface area contributed by atoms with E-state index in [9.17, 15) is 9.59 Å². The van der Waals surface area contributed by atoms with Crippen LogP contribution in [0.25, 0.3) is 11.3 Å². The lowest BCUT2D eigenvalue weighted by Gasteiger charge is -2.26. The first-order valence-corrected chi connectivity index (χ1v) is 7.90. The van der Waals surface area contributed by atoms with Crippen molar-refractivity contribution in [3.63, 3.8) is 0 Å². The molecule has 2 saturated heterocycles. The van der Waals surface area contributed by atoms with Crippen LogP contribution in [0.4, 0.5) is 0 Å². The van der Waals surface area contributed by atoms with Crippen molar-refractivity contribution in [3.05, 3.63) is 42.1 Å². The highest BCUT2D eigenvalue weighted by Gasteiger charge is 2.36. The average molecular weight is 327 g/mol. The number of rotatable bonds is 2. The SMILES string of the molecule is O=C1N[C@@H]2COC[C@H]1CN(C(=O)c1cc(-c3ccccc3)on1)C2. The van der Waals surface area contributed by atoms with E-state index >= 15 is 0 Å². The summed E-state index contributed by atoms with van der Waals surface area (Å²) < 4.78 is 10.8. The molecule has 2 aromatic rings. The molecule has 3 heterocycles. The Hall–Kier alpha value is -2.67. The third-order valence-electron chi connectivity index (χ3n) is 4.31. The Morgan fingerprint density at radius 3 is 2.88 bits per heavy atom. The van der Waals surface area contributed by atoms with Crippen LogP contribution < -0.4 is 5.32 Å². The molecule has 0 spiro atoms. The van der Waals surface area contributed by atoms with Crippen molar-refractivity contribution in [2.75, 3.05) is 26.3 Å². The fraction of sp³-hybridized carbons (Fsp3) is 0.353. The lowest BCUT2D eigenvalue weighted by Crippen LogP contribution is -2.44. The monoisotopic (exact) mass is 327 g/mol. The van der Waals surface area contributed by atoms with Gasteiger partial charge in [-0.2, -0.15) is 0 Å². The molecule has 7 nitrogen and oxygen atoms in total. The van der Waals surface area contributed by atoms with E-state index in [1.807, 2.05) is 30.3 Å². The van der Waals surface area contributed by atoms with Gasteiger partial charge in [-0.05, 0) is 0 Å². The van der Waals surface area contributed by atoms with Crippen LogP contribution in [0.2, 0.25) is 0 Å². The predicted molar refractivity (Wildman–Crippen MR) is 84.1 cm³/mol. The van der Waals surface area contributed by atoms with Crippen LogP contribution >= 0.6 is 0 Å². The molecule has 2 aliphatic heterocycles. The number of benzene rings is 1. The zero-order valence-corrected chi connectivity index (χ0v) is 13.0.